The summed E-state index contributed by atoms with van der Waals surface area (Å²) in [6, 6.07) is 0. The Balaban J connectivity index is 1.99. The number of alkyl halides is 3. The van der Waals surface area contributed by atoms with Crippen LogP contribution in [0.15, 0.2) is 0 Å². The summed E-state index contributed by atoms with van der Waals surface area (Å²) < 4.78 is 40.1. The van der Waals surface area contributed by atoms with Gasteiger partial charge in [-0.25, -0.2) is 0 Å². The molecule has 0 aromatic heterocycles. The fourth-order valence-electron chi connectivity index (χ4n) is 2.96. The molecule has 0 aromatic carbocycles. The van der Waals surface area contributed by atoms with Crippen LogP contribution >= 0.6 is 0 Å². The maximum Gasteiger partial charge on any atom is 0.522 e. The molecular weight excluding hydrogens is 211 g/mol. The van der Waals surface area contributed by atoms with Gasteiger partial charge in [0, 0.05) is 19.3 Å². The standard InChI is InChI=1S/C9H14F3NO2/c10-9(11,12)15-7-4-8(6-14)2-1-3-13(8)5-7/h7,14H,1-6H2/p+1/t7-,8-/m1/s1. The van der Waals surface area contributed by atoms with Gasteiger partial charge < -0.3 is 10.0 Å². The highest BCUT2D eigenvalue weighted by Gasteiger charge is 2.54. The number of aliphatic hydroxyl groups excluding tert-OH is 1. The molecule has 0 bridgehead atoms. The monoisotopic (exact) mass is 226 g/mol. The highest BCUT2D eigenvalue weighted by atomic mass is 19.4. The van der Waals surface area contributed by atoms with Crippen LogP contribution in [-0.2, 0) is 4.74 Å². The van der Waals surface area contributed by atoms with Crippen LogP contribution in [0.2, 0.25) is 0 Å². The largest absolute Gasteiger partial charge is 0.522 e. The molecule has 0 aliphatic carbocycles. The van der Waals surface area contributed by atoms with Gasteiger partial charge in [-0.15, -0.1) is 13.2 Å². The number of nitrogens with one attached hydrogen (secondary N) is 1. The number of quaternary nitrogens is 1. The van der Waals surface area contributed by atoms with Gasteiger partial charge in [0.15, 0.2) is 0 Å². The highest BCUT2D eigenvalue weighted by Crippen LogP contribution is 2.29. The number of rotatable bonds is 2. The maximum absolute atomic E-state index is 12.0. The summed E-state index contributed by atoms with van der Waals surface area (Å²) in [5, 5.41) is 9.29. The van der Waals surface area contributed by atoms with Gasteiger partial charge in [-0.1, -0.05) is 0 Å². The van der Waals surface area contributed by atoms with E-state index in [0.717, 1.165) is 24.3 Å². The van der Waals surface area contributed by atoms with Crippen molar-refractivity contribution in [2.45, 2.75) is 37.3 Å². The third-order valence-electron chi connectivity index (χ3n) is 3.58. The minimum Gasteiger partial charge on any atom is -0.390 e. The molecular formula is C9H15F3NO2+. The predicted molar refractivity (Wildman–Crippen MR) is 45.3 cm³/mol. The molecule has 2 N–H and O–H groups in total. The maximum atomic E-state index is 12.0. The van der Waals surface area contributed by atoms with E-state index in [0.29, 0.717) is 13.0 Å². The second-order valence-electron chi connectivity index (χ2n) is 4.49. The average molecular weight is 226 g/mol. The van der Waals surface area contributed by atoms with Crippen LogP contribution in [0.5, 0.6) is 0 Å². The molecule has 0 saturated carbocycles. The fraction of sp³-hybridized carbons (Fsp3) is 1.00. The molecule has 88 valence electrons. The summed E-state index contributed by atoms with van der Waals surface area (Å²) in [6.07, 6.45) is -3.24. The van der Waals surface area contributed by atoms with Crippen LogP contribution in [0.1, 0.15) is 19.3 Å². The Kier molecular flexibility index (Phi) is 2.68. The smallest absolute Gasteiger partial charge is 0.390 e. The van der Waals surface area contributed by atoms with Crippen molar-refractivity contribution in [1.29, 1.82) is 0 Å². The van der Waals surface area contributed by atoms with Crippen molar-refractivity contribution >= 4 is 0 Å². The lowest BCUT2D eigenvalue weighted by Crippen LogP contribution is -3.16. The zero-order valence-corrected chi connectivity index (χ0v) is 8.31. The first-order valence-electron chi connectivity index (χ1n) is 5.16. The Morgan fingerprint density at radius 2 is 2.20 bits per heavy atom. The number of hydrogen-bond donors (Lipinski definition) is 2. The van der Waals surface area contributed by atoms with Gasteiger partial charge in [0.2, 0.25) is 0 Å². The van der Waals surface area contributed by atoms with E-state index < -0.39 is 12.5 Å². The zero-order chi connectivity index (χ0) is 11.1. The van der Waals surface area contributed by atoms with E-state index >= 15 is 0 Å². The molecule has 0 radical (unpaired) electrons. The molecule has 2 aliphatic heterocycles. The second-order valence-corrected chi connectivity index (χ2v) is 4.49. The van der Waals surface area contributed by atoms with Crippen molar-refractivity contribution in [2.75, 3.05) is 19.7 Å². The number of hydrogen-bond acceptors (Lipinski definition) is 2. The molecule has 2 fully saturated rings. The normalized spacial score (nSPS) is 40.8. The molecule has 6 heteroatoms. The van der Waals surface area contributed by atoms with Gasteiger partial charge in [0.1, 0.15) is 18.2 Å². The van der Waals surface area contributed by atoms with Crippen LogP contribution in [0.3, 0.4) is 0 Å². The van der Waals surface area contributed by atoms with E-state index in [9.17, 15) is 18.3 Å². The van der Waals surface area contributed by atoms with E-state index in [1.807, 2.05) is 0 Å². The Morgan fingerprint density at radius 1 is 1.47 bits per heavy atom. The van der Waals surface area contributed by atoms with Crippen molar-refractivity contribution in [1.82, 2.24) is 0 Å². The Hall–Kier alpha value is -0.330. The van der Waals surface area contributed by atoms with Crippen LogP contribution in [0, 0.1) is 0 Å². The first-order chi connectivity index (χ1) is 6.95. The minimum atomic E-state index is -4.56. The van der Waals surface area contributed by atoms with Gasteiger partial charge >= 0.3 is 6.36 Å². The predicted octanol–water partition coefficient (Wildman–Crippen LogP) is -0.295. The van der Waals surface area contributed by atoms with E-state index in [1.165, 1.54) is 0 Å². The van der Waals surface area contributed by atoms with E-state index in [-0.39, 0.29) is 12.1 Å². The van der Waals surface area contributed by atoms with Crippen molar-refractivity contribution in [3.63, 3.8) is 0 Å². The summed E-state index contributed by atoms with van der Waals surface area (Å²) in [5.74, 6) is 0. The fourth-order valence-corrected chi connectivity index (χ4v) is 2.96. The molecule has 2 heterocycles. The molecule has 2 saturated heterocycles. The van der Waals surface area contributed by atoms with E-state index in [4.69, 9.17) is 0 Å². The quantitative estimate of drug-likeness (QED) is 0.678. The van der Waals surface area contributed by atoms with Gasteiger partial charge in [-0.3, -0.25) is 4.74 Å². The summed E-state index contributed by atoms with van der Waals surface area (Å²) in [6.45, 7) is 1.17. The molecule has 3 atom stereocenters. The van der Waals surface area contributed by atoms with E-state index in [1.54, 1.807) is 0 Å². The van der Waals surface area contributed by atoms with Gasteiger partial charge in [-0.2, -0.15) is 0 Å². The molecule has 0 aromatic rings. The van der Waals surface area contributed by atoms with Gasteiger partial charge in [0.25, 0.3) is 0 Å². The molecule has 3 nitrogen and oxygen atoms in total. The molecule has 1 unspecified atom stereocenters. The second kappa shape index (κ2) is 3.61. The van der Waals surface area contributed by atoms with Gasteiger partial charge in [0.05, 0.1) is 13.2 Å². The number of aliphatic hydroxyl groups is 1. The number of halogens is 3. The lowest BCUT2D eigenvalue weighted by Gasteiger charge is -2.25. The Bertz CT molecular complexity index is 246. The third-order valence-corrected chi connectivity index (χ3v) is 3.58. The van der Waals surface area contributed by atoms with Crippen molar-refractivity contribution < 1.29 is 27.9 Å². The summed E-state index contributed by atoms with van der Waals surface area (Å²) >= 11 is 0. The minimum absolute atomic E-state index is 0.0416. The number of fused-ring (bicyclic) bond motifs is 1. The summed E-state index contributed by atoms with van der Waals surface area (Å²) in [5.41, 5.74) is -0.365. The topological polar surface area (TPSA) is 33.9 Å². The van der Waals surface area contributed by atoms with Crippen molar-refractivity contribution in [2.24, 2.45) is 0 Å². The molecule has 2 rings (SSSR count). The molecule has 0 amide bonds. The summed E-state index contributed by atoms with van der Waals surface area (Å²) in [7, 11) is 0. The highest BCUT2D eigenvalue weighted by molar-refractivity contribution is 4.90. The molecule has 0 spiro atoms. The SMILES string of the molecule is OC[C@]12CCC[NH+]1C[C@H](OC(F)(F)F)C2. The van der Waals surface area contributed by atoms with E-state index in [2.05, 4.69) is 4.74 Å². The molecule has 2 aliphatic rings. The first-order valence-corrected chi connectivity index (χ1v) is 5.16. The van der Waals surface area contributed by atoms with Crippen molar-refractivity contribution in [3.8, 4) is 0 Å². The van der Waals surface area contributed by atoms with Crippen LogP contribution in [0.25, 0.3) is 0 Å². The van der Waals surface area contributed by atoms with Gasteiger partial charge in [-0.05, 0) is 0 Å². The van der Waals surface area contributed by atoms with Crippen LogP contribution in [0.4, 0.5) is 13.2 Å². The van der Waals surface area contributed by atoms with Crippen LogP contribution in [-0.4, -0.2) is 42.8 Å². The van der Waals surface area contributed by atoms with Crippen LogP contribution < -0.4 is 4.90 Å². The Labute approximate surface area is 85.8 Å². The van der Waals surface area contributed by atoms with Crippen molar-refractivity contribution in [3.05, 3.63) is 0 Å². The summed E-state index contributed by atoms with van der Waals surface area (Å²) in [4.78, 5) is 1.07. The third kappa shape index (κ3) is 2.11. The zero-order valence-electron chi connectivity index (χ0n) is 8.31. The average Bonchev–Trinajstić information content (AvgIpc) is 2.57. The Morgan fingerprint density at radius 3 is 2.73 bits per heavy atom. The first kappa shape index (κ1) is 11.2. The lowest BCUT2D eigenvalue weighted by atomic mass is 9.94. The lowest BCUT2D eigenvalue weighted by molar-refractivity contribution is -0.927. The molecule has 15 heavy (non-hydrogen) atoms. The number of ether oxygens (including phenoxy) is 1.